The van der Waals surface area contributed by atoms with Crippen molar-refractivity contribution < 1.29 is 4.79 Å². The summed E-state index contributed by atoms with van der Waals surface area (Å²) in [6, 6.07) is 7.05. The molecule has 0 radical (unpaired) electrons. The van der Waals surface area contributed by atoms with Gasteiger partial charge in [0, 0.05) is 31.2 Å². The Morgan fingerprint density at radius 3 is 2.68 bits per heavy atom. The molecule has 0 spiro atoms. The Morgan fingerprint density at radius 1 is 1.24 bits per heavy atom. The molecular weight excluding hydrogens is 360 g/mol. The predicted molar refractivity (Wildman–Crippen MR) is 97.4 cm³/mol. The molecule has 0 saturated heterocycles. The lowest BCUT2D eigenvalue weighted by atomic mass is 10.2. The maximum Gasteiger partial charge on any atom is 0.238 e. The highest BCUT2D eigenvalue weighted by Crippen LogP contribution is 2.26. The van der Waals surface area contributed by atoms with E-state index in [1.807, 2.05) is 23.7 Å². The molecule has 3 aromatic rings. The Morgan fingerprint density at radius 2 is 2.00 bits per heavy atom. The van der Waals surface area contributed by atoms with Crippen LogP contribution in [0.1, 0.15) is 6.92 Å². The van der Waals surface area contributed by atoms with Crippen LogP contribution >= 0.6 is 23.4 Å². The van der Waals surface area contributed by atoms with Gasteiger partial charge in [-0.15, -0.1) is 10.2 Å². The minimum atomic E-state index is -0.370. The number of aromatic nitrogens is 5. The zero-order chi connectivity index (χ0) is 17.8. The number of amides is 1. The summed E-state index contributed by atoms with van der Waals surface area (Å²) in [7, 11) is 1.86. The lowest BCUT2D eigenvalue weighted by molar-refractivity contribution is -0.115. The van der Waals surface area contributed by atoms with Gasteiger partial charge in [0.25, 0.3) is 0 Å². The molecule has 0 saturated carbocycles. The number of rotatable bonds is 5. The van der Waals surface area contributed by atoms with Gasteiger partial charge in [0.2, 0.25) is 5.91 Å². The van der Waals surface area contributed by atoms with Crippen LogP contribution in [-0.2, 0) is 11.8 Å². The normalized spacial score (nSPS) is 12.0. The highest BCUT2D eigenvalue weighted by Gasteiger charge is 2.19. The van der Waals surface area contributed by atoms with Crippen LogP contribution in [0.25, 0.3) is 11.4 Å². The largest absolute Gasteiger partial charge is 0.310 e. The number of anilines is 1. The number of pyridine rings is 2. The highest BCUT2D eigenvalue weighted by atomic mass is 35.5. The zero-order valence-corrected chi connectivity index (χ0v) is 15.1. The Labute approximate surface area is 153 Å². The van der Waals surface area contributed by atoms with Gasteiger partial charge in [0.05, 0.1) is 10.3 Å². The topological polar surface area (TPSA) is 85.6 Å². The molecule has 9 heteroatoms. The fourth-order valence-electron chi connectivity index (χ4n) is 2.06. The monoisotopic (exact) mass is 374 g/mol. The van der Waals surface area contributed by atoms with E-state index in [1.54, 1.807) is 31.5 Å². The summed E-state index contributed by atoms with van der Waals surface area (Å²) < 4.78 is 1.85. The van der Waals surface area contributed by atoms with Crippen LogP contribution in [0.15, 0.2) is 48.0 Å². The molecule has 0 aliphatic rings. The Hall–Kier alpha value is -2.45. The standard InChI is InChI=1S/C16H15ClN6OS/c1-10(15(24)20-13-4-3-12(17)9-19-13)25-16-22-21-14(23(16)2)11-5-7-18-8-6-11/h3-10H,1-2H3,(H,19,20,24)/t10-/m1/s1. The molecule has 7 nitrogen and oxygen atoms in total. The molecule has 3 rings (SSSR count). The fraction of sp³-hybridized carbons (Fsp3) is 0.188. The van der Waals surface area contributed by atoms with Crippen LogP contribution in [0.4, 0.5) is 5.82 Å². The first-order valence-electron chi connectivity index (χ1n) is 7.43. The number of hydrogen-bond acceptors (Lipinski definition) is 6. The SMILES string of the molecule is C[C@@H](Sc1nnc(-c2ccncc2)n1C)C(=O)Nc1ccc(Cl)cn1. The van der Waals surface area contributed by atoms with E-state index in [-0.39, 0.29) is 11.2 Å². The van der Waals surface area contributed by atoms with E-state index >= 15 is 0 Å². The number of nitrogens with one attached hydrogen (secondary N) is 1. The summed E-state index contributed by atoms with van der Waals surface area (Å²) in [5.74, 6) is 1.00. The summed E-state index contributed by atoms with van der Waals surface area (Å²) in [6.45, 7) is 1.80. The van der Waals surface area contributed by atoms with Gasteiger partial charge >= 0.3 is 0 Å². The summed E-state index contributed by atoms with van der Waals surface area (Å²) in [5.41, 5.74) is 0.916. The Bertz CT molecular complexity index is 868. The van der Waals surface area contributed by atoms with Crippen molar-refractivity contribution in [2.75, 3.05) is 5.32 Å². The van der Waals surface area contributed by atoms with E-state index < -0.39 is 0 Å². The number of nitrogens with zero attached hydrogens (tertiary/aromatic N) is 5. The van der Waals surface area contributed by atoms with Gasteiger partial charge in [-0.25, -0.2) is 4.98 Å². The molecule has 1 amide bonds. The molecule has 1 N–H and O–H groups in total. The van der Waals surface area contributed by atoms with Gasteiger partial charge in [-0.2, -0.15) is 0 Å². The summed E-state index contributed by atoms with van der Waals surface area (Å²) in [6.07, 6.45) is 4.89. The smallest absolute Gasteiger partial charge is 0.238 e. The molecule has 1 atom stereocenters. The second-order valence-electron chi connectivity index (χ2n) is 5.21. The van der Waals surface area contributed by atoms with Crippen molar-refractivity contribution in [1.29, 1.82) is 0 Å². The Kier molecular flexibility index (Phi) is 5.30. The van der Waals surface area contributed by atoms with Crippen molar-refractivity contribution in [3.05, 3.63) is 47.9 Å². The van der Waals surface area contributed by atoms with Crippen LogP contribution in [0.3, 0.4) is 0 Å². The fourth-order valence-corrected chi connectivity index (χ4v) is 2.99. The van der Waals surface area contributed by atoms with Crippen LogP contribution in [0.5, 0.6) is 0 Å². The molecule has 128 valence electrons. The van der Waals surface area contributed by atoms with Crippen LogP contribution in [0, 0.1) is 0 Å². The van der Waals surface area contributed by atoms with E-state index in [9.17, 15) is 4.79 Å². The maximum absolute atomic E-state index is 12.3. The molecule has 3 heterocycles. The summed E-state index contributed by atoms with van der Waals surface area (Å²) >= 11 is 7.11. The number of carbonyl (C=O) groups excluding carboxylic acids is 1. The van der Waals surface area contributed by atoms with Crippen LogP contribution in [0.2, 0.25) is 5.02 Å². The molecule has 0 aliphatic carbocycles. The second kappa shape index (κ2) is 7.62. The van der Waals surface area contributed by atoms with Gasteiger partial charge < -0.3 is 9.88 Å². The van der Waals surface area contributed by atoms with E-state index in [0.29, 0.717) is 16.0 Å². The van der Waals surface area contributed by atoms with Gasteiger partial charge in [0.15, 0.2) is 11.0 Å². The first kappa shape index (κ1) is 17.4. The lowest BCUT2D eigenvalue weighted by Crippen LogP contribution is -2.23. The van der Waals surface area contributed by atoms with Gasteiger partial charge in [-0.3, -0.25) is 9.78 Å². The number of thioether (sulfide) groups is 1. The predicted octanol–water partition coefficient (Wildman–Crippen LogP) is 3.04. The average molecular weight is 375 g/mol. The number of hydrogen-bond donors (Lipinski definition) is 1. The molecule has 0 aliphatic heterocycles. The van der Waals surface area contributed by atoms with Crippen LogP contribution < -0.4 is 5.32 Å². The van der Waals surface area contributed by atoms with E-state index in [4.69, 9.17) is 11.6 Å². The zero-order valence-electron chi connectivity index (χ0n) is 13.5. The summed E-state index contributed by atoms with van der Waals surface area (Å²) in [5, 5.41) is 11.9. The van der Waals surface area contributed by atoms with Crippen molar-refractivity contribution in [2.24, 2.45) is 7.05 Å². The molecular formula is C16H15ClN6OS. The van der Waals surface area contributed by atoms with E-state index in [2.05, 4.69) is 25.5 Å². The minimum Gasteiger partial charge on any atom is -0.310 e. The lowest BCUT2D eigenvalue weighted by Gasteiger charge is -2.11. The van der Waals surface area contributed by atoms with Gasteiger partial charge in [-0.05, 0) is 31.2 Å². The minimum absolute atomic E-state index is 0.173. The van der Waals surface area contributed by atoms with Gasteiger partial charge in [-0.1, -0.05) is 23.4 Å². The third kappa shape index (κ3) is 4.15. The molecule has 0 unspecified atom stereocenters. The maximum atomic E-state index is 12.3. The molecule has 0 bridgehead atoms. The number of halogens is 1. The van der Waals surface area contributed by atoms with Crippen molar-refractivity contribution in [1.82, 2.24) is 24.7 Å². The number of carbonyl (C=O) groups is 1. The molecule has 3 aromatic heterocycles. The highest BCUT2D eigenvalue weighted by molar-refractivity contribution is 8.00. The van der Waals surface area contributed by atoms with Crippen molar-refractivity contribution >= 4 is 35.1 Å². The quantitative estimate of drug-likeness (QED) is 0.691. The Balaban J connectivity index is 1.68. The van der Waals surface area contributed by atoms with Crippen molar-refractivity contribution in [2.45, 2.75) is 17.3 Å². The van der Waals surface area contributed by atoms with E-state index in [1.165, 1.54) is 18.0 Å². The second-order valence-corrected chi connectivity index (χ2v) is 6.96. The first-order chi connectivity index (χ1) is 12.0. The molecule has 0 aromatic carbocycles. The van der Waals surface area contributed by atoms with E-state index in [0.717, 1.165) is 11.4 Å². The van der Waals surface area contributed by atoms with Crippen molar-refractivity contribution in [3.63, 3.8) is 0 Å². The third-order valence-corrected chi connectivity index (χ3v) is 4.76. The average Bonchev–Trinajstić information content (AvgIpc) is 2.98. The molecule has 25 heavy (non-hydrogen) atoms. The first-order valence-corrected chi connectivity index (χ1v) is 8.69. The van der Waals surface area contributed by atoms with Gasteiger partial charge in [0.1, 0.15) is 5.82 Å². The van der Waals surface area contributed by atoms with Crippen molar-refractivity contribution in [3.8, 4) is 11.4 Å². The van der Waals surface area contributed by atoms with Crippen LogP contribution in [-0.4, -0.2) is 35.9 Å². The molecule has 0 fully saturated rings. The third-order valence-electron chi connectivity index (χ3n) is 3.40. The summed E-state index contributed by atoms with van der Waals surface area (Å²) in [4.78, 5) is 20.4.